The number of benzene rings is 2. The quantitative estimate of drug-likeness (QED) is 0.678. The highest BCUT2D eigenvalue weighted by molar-refractivity contribution is 5.56. The summed E-state index contributed by atoms with van der Waals surface area (Å²) in [5.41, 5.74) is 2.38. The van der Waals surface area contributed by atoms with E-state index in [0.717, 1.165) is 36.3 Å². The van der Waals surface area contributed by atoms with Crippen LogP contribution in [0.2, 0.25) is 0 Å². The number of nitrogens with zero attached hydrogens (tertiary/aromatic N) is 3. The lowest BCUT2D eigenvalue weighted by molar-refractivity contribution is 0.402. The number of methoxy groups -OCH3 is 1. The number of ether oxygens (including phenoxy) is 1. The molecule has 5 nitrogen and oxygen atoms in total. The van der Waals surface area contributed by atoms with Crippen molar-refractivity contribution in [1.29, 1.82) is 0 Å². The van der Waals surface area contributed by atoms with E-state index < -0.39 is 0 Å². The van der Waals surface area contributed by atoms with Crippen LogP contribution < -0.4 is 15.0 Å². The first-order valence-electron chi connectivity index (χ1n) is 9.83. The molecule has 2 heterocycles. The van der Waals surface area contributed by atoms with E-state index in [1.54, 1.807) is 7.11 Å². The number of hydrogen-bond acceptors (Lipinski definition) is 5. The van der Waals surface area contributed by atoms with Crippen LogP contribution in [0, 0.1) is 5.92 Å². The second-order valence-corrected chi connectivity index (χ2v) is 7.21. The number of anilines is 3. The van der Waals surface area contributed by atoms with Crippen molar-refractivity contribution in [3.8, 4) is 5.75 Å². The van der Waals surface area contributed by atoms with E-state index in [1.165, 1.54) is 24.8 Å². The first kappa shape index (κ1) is 18.3. The molecule has 28 heavy (non-hydrogen) atoms. The van der Waals surface area contributed by atoms with Crippen LogP contribution in [-0.4, -0.2) is 30.2 Å². The molecule has 0 saturated carbocycles. The van der Waals surface area contributed by atoms with Crippen molar-refractivity contribution in [2.45, 2.75) is 19.3 Å². The van der Waals surface area contributed by atoms with Crippen molar-refractivity contribution >= 4 is 17.5 Å². The van der Waals surface area contributed by atoms with Crippen LogP contribution in [-0.2, 0) is 6.42 Å². The molecule has 0 bridgehead atoms. The Morgan fingerprint density at radius 1 is 1.00 bits per heavy atom. The van der Waals surface area contributed by atoms with Crippen molar-refractivity contribution < 1.29 is 4.74 Å². The fraction of sp³-hybridized carbons (Fsp3) is 0.304. The number of hydrogen-bond donors (Lipinski definition) is 1. The second-order valence-electron chi connectivity index (χ2n) is 7.21. The largest absolute Gasteiger partial charge is 0.497 e. The molecule has 0 unspecified atom stereocenters. The zero-order chi connectivity index (χ0) is 19.2. The zero-order valence-electron chi connectivity index (χ0n) is 16.2. The van der Waals surface area contributed by atoms with E-state index in [2.05, 4.69) is 45.5 Å². The van der Waals surface area contributed by atoms with Crippen LogP contribution >= 0.6 is 0 Å². The maximum atomic E-state index is 5.20. The molecule has 0 spiro atoms. The van der Waals surface area contributed by atoms with Crippen LogP contribution in [0.5, 0.6) is 5.75 Å². The predicted octanol–water partition coefficient (Wildman–Crippen LogP) is 4.69. The minimum atomic E-state index is 0.620. The van der Waals surface area contributed by atoms with Gasteiger partial charge in [-0.15, -0.1) is 0 Å². The molecule has 4 rings (SSSR count). The molecule has 0 atom stereocenters. The topological polar surface area (TPSA) is 50.3 Å². The summed E-state index contributed by atoms with van der Waals surface area (Å²) in [5.74, 6) is 3.19. The van der Waals surface area contributed by atoms with Gasteiger partial charge in [0, 0.05) is 25.0 Å². The fourth-order valence-electron chi connectivity index (χ4n) is 3.70. The van der Waals surface area contributed by atoms with Gasteiger partial charge in [0.05, 0.1) is 7.11 Å². The monoisotopic (exact) mass is 374 g/mol. The molecular formula is C23H26N4O. The minimum Gasteiger partial charge on any atom is -0.497 e. The number of nitrogens with one attached hydrogen (secondary N) is 1. The first-order valence-corrected chi connectivity index (χ1v) is 9.83. The van der Waals surface area contributed by atoms with Gasteiger partial charge in [-0.2, -0.15) is 4.98 Å². The highest BCUT2D eigenvalue weighted by atomic mass is 16.5. The lowest BCUT2D eigenvalue weighted by Crippen LogP contribution is -2.35. The van der Waals surface area contributed by atoms with Crippen LogP contribution in [0.4, 0.5) is 17.5 Å². The van der Waals surface area contributed by atoms with Crippen molar-refractivity contribution in [3.63, 3.8) is 0 Å². The highest BCUT2D eigenvalue weighted by Crippen LogP contribution is 2.25. The van der Waals surface area contributed by atoms with E-state index in [0.29, 0.717) is 5.95 Å². The Morgan fingerprint density at radius 3 is 2.46 bits per heavy atom. The number of piperidine rings is 1. The summed E-state index contributed by atoms with van der Waals surface area (Å²) >= 11 is 0. The molecule has 1 fully saturated rings. The summed E-state index contributed by atoms with van der Waals surface area (Å²) in [7, 11) is 1.66. The first-order chi connectivity index (χ1) is 13.8. The average molecular weight is 374 g/mol. The van der Waals surface area contributed by atoms with Crippen LogP contribution in [0.1, 0.15) is 18.4 Å². The minimum absolute atomic E-state index is 0.620. The molecule has 0 amide bonds. The molecule has 3 aromatic rings. The van der Waals surface area contributed by atoms with E-state index in [1.807, 2.05) is 36.5 Å². The van der Waals surface area contributed by atoms with Gasteiger partial charge in [-0.3, -0.25) is 0 Å². The SMILES string of the molecule is COc1ccc(Nc2nccc(N3CCC(Cc4ccccc4)CC3)n2)cc1. The smallest absolute Gasteiger partial charge is 0.229 e. The summed E-state index contributed by atoms with van der Waals surface area (Å²) < 4.78 is 5.20. The third-order valence-corrected chi connectivity index (χ3v) is 5.29. The van der Waals surface area contributed by atoms with Crippen molar-refractivity contribution in [2.24, 2.45) is 5.92 Å². The Hall–Kier alpha value is -3.08. The van der Waals surface area contributed by atoms with Gasteiger partial charge in [0.1, 0.15) is 11.6 Å². The fourth-order valence-corrected chi connectivity index (χ4v) is 3.70. The van der Waals surface area contributed by atoms with Crippen molar-refractivity contribution in [3.05, 3.63) is 72.4 Å². The van der Waals surface area contributed by atoms with Gasteiger partial charge in [-0.25, -0.2) is 4.98 Å². The Morgan fingerprint density at radius 2 is 1.75 bits per heavy atom. The average Bonchev–Trinajstić information content (AvgIpc) is 2.76. The molecular weight excluding hydrogens is 348 g/mol. The third-order valence-electron chi connectivity index (χ3n) is 5.29. The third kappa shape index (κ3) is 4.60. The molecule has 5 heteroatoms. The number of aromatic nitrogens is 2. The predicted molar refractivity (Wildman–Crippen MR) is 113 cm³/mol. The van der Waals surface area contributed by atoms with Gasteiger partial charge in [0.2, 0.25) is 5.95 Å². The Labute approximate surface area is 166 Å². The van der Waals surface area contributed by atoms with Gasteiger partial charge in [0.25, 0.3) is 0 Å². The highest BCUT2D eigenvalue weighted by Gasteiger charge is 2.20. The summed E-state index contributed by atoms with van der Waals surface area (Å²) in [6.07, 6.45) is 5.38. The van der Waals surface area contributed by atoms with Gasteiger partial charge >= 0.3 is 0 Å². The molecule has 0 aliphatic carbocycles. The van der Waals surface area contributed by atoms with Gasteiger partial charge < -0.3 is 15.0 Å². The maximum Gasteiger partial charge on any atom is 0.229 e. The summed E-state index contributed by atoms with van der Waals surface area (Å²) in [6.45, 7) is 2.08. The van der Waals surface area contributed by atoms with E-state index in [9.17, 15) is 0 Å². The summed E-state index contributed by atoms with van der Waals surface area (Å²) in [4.78, 5) is 11.4. The lowest BCUT2D eigenvalue weighted by atomic mass is 9.90. The molecule has 1 aliphatic rings. The molecule has 0 radical (unpaired) electrons. The zero-order valence-corrected chi connectivity index (χ0v) is 16.2. The molecule has 1 N–H and O–H groups in total. The van der Waals surface area contributed by atoms with Crippen molar-refractivity contribution in [2.75, 3.05) is 30.4 Å². The maximum absolute atomic E-state index is 5.20. The standard InChI is InChI=1S/C23H26N4O/c1-28-21-9-7-20(8-10-21)25-23-24-14-11-22(26-23)27-15-12-19(13-16-27)17-18-5-3-2-4-6-18/h2-11,14,19H,12-13,15-17H2,1H3,(H,24,25,26). The molecule has 144 valence electrons. The van der Waals surface area contributed by atoms with Crippen molar-refractivity contribution in [1.82, 2.24) is 9.97 Å². The Balaban J connectivity index is 1.35. The van der Waals surface area contributed by atoms with Gasteiger partial charge in [-0.05, 0) is 61.1 Å². The van der Waals surface area contributed by atoms with Crippen LogP contribution in [0.25, 0.3) is 0 Å². The second kappa shape index (κ2) is 8.74. The molecule has 1 saturated heterocycles. The lowest BCUT2D eigenvalue weighted by Gasteiger charge is -2.33. The van der Waals surface area contributed by atoms with E-state index >= 15 is 0 Å². The van der Waals surface area contributed by atoms with E-state index in [4.69, 9.17) is 9.72 Å². The van der Waals surface area contributed by atoms with Crippen LogP contribution in [0.15, 0.2) is 66.9 Å². The van der Waals surface area contributed by atoms with Crippen LogP contribution in [0.3, 0.4) is 0 Å². The molecule has 1 aliphatic heterocycles. The summed E-state index contributed by atoms with van der Waals surface area (Å²) in [5, 5.41) is 3.27. The normalized spacial score (nSPS) is 14.7. The summed E-state index contributed by atoms with van der Waals surface area (Å²) in [6, 6.07) is 20.6. The van der Waals surface area contributed by atoms with E-state index in [-0.39, 0.29) is 0 Å². The Bertz CT molecular complexity index is 875. The van der Waals surface area contributed by atoms with Gasteiger partial charge in [-0.1, -0.05) is 30.3 Å². The molecule has 1 aromatic heterocycles. The van der Waals surface area contributed by atoms with Gasteiger partial charge in [0.15, 0.2) is 0 Å². The Kier molecular flexibility index (Phi) is 5.71. The molecule has 2 aromatic carbocycles. The number of rotatable bonds is 6.